The zero-order valence-corrected chi connectivity index (χ0v) is 13.8. The SMILES string of the molecule is CCn1cc(C(C)NC2CC(C)CCC2C(C)C)cn1. The van der Waals surface area contributed by atoms with Crippen molar-refractivity contribution in [3.63, 3.8) is 0 Å². The zero-order chi connectivity index (χ0) is 14.7. The molecule has 1 aliphatic carbocycles. The fourth-order valence-corrected chi connectivity index (χ4v) is 3.59. The van der Waals surface area contributed by atoms with Crippen LogP contribution in [0.3, 0.4) is 0 Å². The third-order valence-electron chi connectivity index (χ3n) is 4.96. The molecule has 4 atom stereocenters. The van der Waals surface area contributed by atoms with Gasteiger partial charge in [0.1, 0.15) is 0 Å². The van der Waals surface area contributed by atoms with E-state index in [0.717, 1.165) is 24.3 Å². The van der Waals surface area contributed by atoms with Crippen LogP contribution in [-0.2, 0) is 6.54 Å². The maximum Gasteiger partial charge on any atom is 0.0537 e. The molecule has 0 bridgehead atoms. The van der Waals surface area contributed by atoms with Gasteiger partial charge in [-0.3, -0.25) is 4.68 Å². The quantitative estimate of drug-likeness (QED) is 0.881. The summed E-state index contributed by atoms with van der Waals surface area (Å²) in [6.07, 6.45) is 8.27. The summed E-state index contributed by atoms with van der Waals surface area (Å²) in [7, 11) is 0. The minimum atomic E-state index is 0.395. The van der Waals surface area contributed by atoms with Crippen molar-refractivity contribution in [3.05, 3.63) is 18.0 Å². The fraction of sp³-hybridized carbons (Fsp3) is 0.824. The van der Waals surface area contributed by atoms with Crippen molar-refractivity contribution < 1.29 is 0 Å². The van der Waals surface area contributed by atoms with E-state index in [1.807, 2.05) is 10.9 Å². The second-order valence-corrected chi connectivity index (χ2v) is 6.95. The van der Waals surface area contributed by atoms with E-state index in [2.05, 4.69) is 51.2 Å². The first kappa shape index (κ1) is 15.6. The molecule has 1 N–H and O–H groups in total. The van der Waals surface area contributed by atoms with Crippen LogP contribution < -0.4 is 5.32 Å². The van der Waals surface area contributed by atoms with Crippen LogP contribution >= 0.6 is 0 Å². The Kier molecular flexibility index (Phi) is 5.25. The van der Waals surface area contributed by atoms with Gasteiger partial charge >= 0.3 is 0 Å². The van der Waals surface area contributed by atoms with Gasteiger partial charge in [-0.15, -0.1) is 0 Å². The molecule has 3 nitrogen and oxygen atoms in total. The van der Waals surface area contributed by atoms with Crippen molar-refractivity contribution in [1.29, 1.82) is 0 Å². The molecule has 1 saturated carbocycles. The molecule has 0 spiro atoms. The summed E-state index contributed by atoms with van der Waals surface area (Å²) in [5.74, 6) is 2.44. The lowest BCUT2D eigenvalue weighted by Crippen LogP contribution is -2.43. The number of nitrogens with zero attached hydrogens (tertiary/aromatic N) is 2. The molecule has 3 heteroatoms. The Morgan fingerprint density at radius 1 is 1.35 bits per heavy atom. The predicted octanol–water partition coefficient (Wildman–Crippen LogP) is 4.01. The van der Waals surface area contributed by atoms with Crippen LogP contribution in [0.2, 0.25) is 0 Å². The van der Waals surface area contributed by atoms with Crippen LogP contribution in [0, 0.1) is 17.8 Å². The van der Waals surface area contributed by atoms with Gasteiger partial charge in [0, 0.05) is 30.4 Å². The van der Waals surface area contributed by atoms with Crippen LogP contribution in [0.5, 0.6) is 0 Å². The first-order valence-electron chi connectivity index (χ1n) is 8.29. The molecule has 4 unspecified atom stereocenters. The molecule has 2 rings (SSSR count). The van der Waals surface area contributed by atoms with E-state index < -0.39 is 0 Å². The molecule has 1 heterocycles. The van der Waals surface area contributed by atoms with E-state index in [4.69, 9.17) is 0 Å². The van der Waals surface area contributed by atoms with E-state index in [0.29, 0.717) is 12.1 Å². The normalized spacial score (nSPS) is 28.8. The Balaban J connectivity index is 2.01. The van der Waals surface area contributed by atoms with E-state index in [1.54, 1.807) is 0 Å². The molecule has 1 aliphatic rings. The van der Waals surface area contributed by atoms with Gasteiger partial charge < -0.3 is 5.32 Å². The second-order valence-electron chi connectivity index (χ2n) is 6.95. The van der Waals surface area contributed by atoms with Crippen LogP contribution in [0.1, 0.15) is 65.5 Å². The summed E-state index contributed by atoms with van der Waals surface area (Å²) in [5.41, 5.74) is 1.31. The van der Waals surface area contributed by atoms with E-state index in [1.165, 1.54) is 24.8 Å². The van der Waals surface area contributed by atoms with Crippen molar-refractivity contribution in [2.75, 3.05) is 0 Å². The lowest BCUT2D eigenvalue weighted by Gasteiger charge is -2.39. The molecule has 0 amide bonds. The zero-order valence-electron chi connectivity index (χ0n) is 13.8. The number of nitrogens with one attached hydrogen (secondary N) is 1. The van der Waals surface area contributed by atoms with Crippen LogP contribution in [0.25, 0.3) is 0 Å². The van der Waals surface area contributed by atoms with Crippen molar-refractivity contribution in [3.8, 4) is 0 Å². The van der Waals surface area contributed by atoms with Crippen molar-refractivity contribution in [2.45, 2.75) is 72.5 Å². The Morgan fingerprint density at radius 3 is 2.70 bits per heavy atom. The third-order valence-corrected chi connectivity index (χ3v) is 4.96. The molecule has 1 aromatic heterocycles. The molecule has 114 valence electrons. The lowest BCUT2D eigenvalue weighted by atomic mass is 9.73. The van der Waals surface area contributed by atoms with Gasteiger partial charge in [-0.05, 0) is 44.4 Å². The highest BCUT2D eigenvalue weighted by Gasteiger charge is 2.31. The summed E-state index contributed by atoms with van der Waals surface area (Å²) >= 11 is 0. The standard InChI is InChI=1S/C17H31N3/c1-6-20-11-15(10-18-20)14(5)19-17-9-13(4)7-8-16(17)12(2)3/h10-14,16-17,19H,6-9H2,1-5H3. The molecular formula is C17H31N3. The minimum Gasteiger partial charge on any atom is -0.307 e. The van der Waals surface area contributed by atoms with Crippen molar-refractivity contribution in [2.24, 2.45) is 17.8 Å². The van der Waals surface area contributed by atoms with Gasteiger partial charge in [0.25, 0.3) is 0 Å². The van der Waals surface area contributed by atoms with Gasteiger partial charge in [0.2, 0.25) is 0 Å². The summed E-state index contributed by atoms with van der Waals surface area (Å²) in [6.45, 7) is 12.5. The number of aryl methyl sites for hydroxylation is 1. The largest absolute Gasteiger partial charge is 0.307 e. The van der Waals surface area contributed by atoms with E-state index >= 15 is 0 Å². The first-order valence-corrected chi connectivity index (χ1v) is 8.29. The number of hydrogen-bond acceptors (Lipinski definition) is 2. The van der Waals surface area contributed by atoms with Gasteiger partial charge in [-0.2, -0.15) is 5.10 Å². The van der Waals surface area contributed by atoms with Gasteiger partial charge in [-0.25, -0.2) is 0 Å². The molecule has 0 aromatic carbocycles. The number of hydrogen-bond donors (Lipinski definition) is 1. The second kappa shape index (κ2) is 6.75. The molecule has 0 radical (unpaired) electrons. The van der Waals surface area contributed by atoms with Crippen LogP contribution in [-0.4, -0.2) is 15.8 Å². The highest BCUT2D eigenvalue weighted by Crippen LogP contribution is 2.34. The summed E-state index contributed by atoms with van der Waals surface area (Å²) < 4.78 is 2.01. The molecule has 0 aliphatic heterocycles. The van der Waals surface area contributed by atoms with E-state index in [9.17, 15) is 0 Å². The van der Waals surface area contributed by atoms with Gasteiger partial charge in [0.05, 0.1) is 6.20 Å². The molecule has 1 fully saturated rings. The van der Waals surface area contributed by atoms with Crippen molar-refractivity contribution >= 4 is 0 Å². The fourth-order valence-electron chi connectivity index (χ4n) is 3.59. The maximum absolute atomic E-state index is 4.39. The van der Waals surface area contributed by atoms with Gasteiger partial charge in [0.15, 0.2) is 0 Å². The van der Waals surface area contributed by atoms with E-state index in [-0.39, 0.29) is 0 Å². The average Bonchev–Trinajstić information content (AvgIpc) is 2.87. The molecule has 20 heavy (non-hydrogen) atoms. The highest BCUT2D eigenvalue weighted by molar-refractivity contribution is 5.10. The monoisotopic (exact) mass is 277 g/mol. The summed E-state index contributed by atoms with van der Waals surface area (Å²) in [5, 5.41) is 8.28. The van der Waals surface area contributed by atoms with Crippen LogP contribution in [0.4, 0.5) is 0 Å². The topological polar surface area (TPSA) is 29.9 Å². The van der Waals surface area contributed by atoms with Crippen LogP contribution in [0.15, 0.2) is 12.4 Å². The maximum atomic E-state index is 4.39. The molecular weight excluding hydrogens is 246 g/mol. The highest BCUT2D eigenvalue weighted by atomic mass is 15.3. The Labute approximate surface area is 124 Å². The summed E-state index contributed by atoms with van der Waals surface area (Å²) in [4.78, 5) is 0. The number of aromatic nitrogens is 2. The Bertz CT molecular complexity index is 410. The Morgan fingerprint density at radius 2 is 2.10 bits per heavy atom. The smallest absolute Gasteiger partial charge is 0.0537 e. The minimum absolute atomic E-state index is 0.395. The lowest BCUT2D eigenvalue weighted by molar-refractivity contribution is 0.161. The third kappa shape index (κ3) is 3.63. The first-order chi connectivity index (χ1) is 9.51. The summed E-state index contributed by atoms with van der Waals surface area (Å²) in [6, 6.07) is 1.05. The van der Waals surface area contributed by atoms with Crippen molar-refractivity contribution in [1.82, 2.24) is 15.1 Å². The Hall–Kier alpha value is -0.830. The number of rotatable bonds is 5. The average molecular weight is 277 g/mol. The predicted molar refractivity (Wildman–Crippen MR) is 84.6 cm³/mol. The van der Waals surface area contributed by atoms with Gasteiger partial charge in [-0.1, -0.05) is 27.2 Å². The molecule has 1 aromatic rings. The molecule has 0 saturated heterocycles.